The maximum atomic E-state index is 12.7. The van der Waals surface area contributed by atoms with Gasteiger partial charge in [-0.3, -0.25) is 9.52 Å². The van der Waals surface area contributed by atoms with Crippen LogP contribution in [0.15, 0.2) is 83.9 Å². The Labute approximate surface area is 180 Å². The number of hydrogen-bond acceptors (Lipinski definition) is 6. The fourth-order valence-corrected chi connectivity index (χ4v) is 4.05. The zero-order chi connectivity index (χ0) is 21.8. The minimum atomic E-state index is -3.75. The Balaban J connectivity index is 1.47. The van der Waals surface area contributed by atoms with E-state index in [9.17, 15) is 13.2 Å². The van der Waals surface area contributed by atoms with Crippen molar-refractivity contribution in [1.82, 2.24) is 0 Å². The Bertz CT molecular complexity index is 1250. The number of hydrogen-bond donors (Lipinski definition) is 2. The van der Waals surface area contributed by atoms with Gasteiger partial charge in [-0.2, -0.15) is 0 Å². The molecule has 0 amide bonds. The monoisotopic (exact) mass is 436 g/mol. The molecule has 0 fully saturated rings. The minimum Gasteiger partial charge on any atom is -0.454 e. The summed E-state index contributed by atoms with van der Waals surface area (Å²) in [6, 6.07) is 18.4. The SMILES string of the molecule is Cc1ccc(S(=O)(=O)Nc2ccccc2N/C=C/C(=O)c2ccc3c(c2)OCO3)cc1. The molecule has 0 spiro atoms. The summed E-state index contributed by atoms with van der Waals surface area (Å²) in [5, 5.41) is 2.97. The lowest BCUT2D eigenvalue weighted by atomic mass is 10.1. The number of nitrogens with one attached hydrogen (secondary N) is 2. The van der Waals surface area contributed by atoms with Crippen molar-refractivity contribution in [3.05, 3.63) is 90.1 Å². The molecular formula is C23H20N2O5S. The van der Waals surface area contributed by atoms with Gasteiger partial charge >= 0.3 is 0 Å². The van der Waals surface area contributed by atoms with Gasteiger partial charge in [0.15, 0.2) is 17.3 Å². The van der Waals surface area contributed by atoms with Gasteiger partial charge in [-0.25, -0.2) is 8.42 Å². The van der Waals surface area contributed by atoms with Crippen LogP contribution in [-0.2, 0) is 10.0 Å². The van der Waals surface area contributed by atoms with Crippen LogP contribution in [0.5, 0.6) is 11.5 Å². The zero-order valence-electron chi connectivity index (χ0n) is 16.7. The molecular weight excluding hydrogens is 416 g/mol. The average Bonchev–Trinajstić information content (AvgIpc) is 3.23. The standard InChI is InChI=1S/C23H20N2O5S/c1-16-6-9-18(10-7-16)31(27,28)25-20-5-3-2-4-19(20)24-13-12-21(26)17-8-11-22-23(14-17)30-15-29-22/h2-14,24-25H,15H2,1H3/b13-12+. The number of sulfonamides is 1. The maximum Gasteiger partial charge on any atom is 0.261 e. The van der Waals surface area contributed by atoms with Crippen LogP contribution in [-0.4, -0.2) is 21.0 Å². The highest BCUT2D eigenvalue weighted by atomic mass is 32.2. The van der Waals surface area contributed by atoms with E-state index in [0.717, 1.165) is 5.56 Å². The van der Waals surface area contributed by atoms with Gasteiger partial charge in [-0.05, 0) is 49.4 Å². The second kappa shape index (κ2) is 8.53. The Kier molecular flexibility index (Phi) is 5.64. The number of anilines is 2. The highest BCUT2D eigenvalue weighted by Gasteiger charge is 2.16. The number of benzene rings is 3. The van der Waals surface area contributed by atoms with Crippen molar-refractivity contribution in [1.29, 1.82) is 0 Å². The first-order valence-corrected chi connectivity index (χ1v) is 11.0. The summed E-state index contributed by atoms with van der Waals surface area (Å²) in [4.78, 5) is 12.6. The second-order valence-electron chi connectivity index (χ2n) is 6.87. The smallest absolute Gasteiger partial charge is 0.261 e. The van der Waals surface area contributed by atoms with E-state index in [-0.39, 0.29) is 17.5 Å². The van der Waals surface area contributed by atoms with E-state index in [4.69, 9.17) is 9.47 Å². The van der Waals surface area contributed by atoms with E-state index in [1.165, 1.54) is 12.3 Å². The highest BCUT2D eigenvalue weighted by Crippen LogP contribution is 2.32. The van der Waals surface area contributed by atoms with Gasteiger partial charge in [0.05, 0.1) is 16.3 Å². The number of ether oxygens (including phenoxy) is 2. The number of carbonyl (C=O) groups is 1. The molecule has 8 heteroatoms. The van der Waals surface area contributed by atoms with E-state index < -0.39 is 10.0 Å². The van der Waals surface area contributed by atoms with Crippen molar-refractivity contribution in [2.75, 3.05) is 16.8 Å². The second-order valence-corrected chi connectivity index (χ2v) is 8.56. The molecule has 3 aromatic rings. The molecule has 0 saturated carbocycles. The van der Waals surface area contributed by atoms with Gasteiger partial charge in [0.25, 0.3) is 10.0 Å². The summed E-state index contributed by atoms with van der Waals surface area (Å²) in [7, 11) is -3.75. The topological polar surface area (TPSA) is 93.7 Å². The van der Waals surface area contributed by atoms with Gasteiger partial charge in [0.1, 0.15) is 0 Å². The number of para-hydroxylation sites is 2. The van der Waals surface area contributed by atoms with E-state index in [0.29, 0.717) is 28.4 Å². The Morgan fingerprint density at radius 1 is 0.935 bits per heavy atom. The molecule has 1 heterocycles. The predicted molar refractivity (Wildman–Crippen MR) is 118 cm³/mol. The maximum absolute atomic E-state index is 12.7. The number of rotatable bonds is 7. The normalized spacial score (nSPS) is 12.7. The number of fused-ring (bicyclic) bond motifs is 1. The first-order chi connectivity index (χ1) is 14.9. The molecule has 0 saturated heterocycles. The minimum absolute atomic E-state index is 0.139. The zero-order valence-corrected chi connectivity index (χ0v) is 17.5. The van der Waals surface area contributed by atoms with Crippen molar-refractivity contribution in [2.45, 2.75) is 11.8 Å². The average molecular weight is 436 g/mol. The quantitative estimate of drug-likeness (QED) is 0.423. The highest BCUT2D eigenvalue weighted by molar-refractivity contribution is 7.92. The predicted octanol–water partition coefficient (Wildman–Crippen LogP) is 4.33. The molecule has 1 aliphatic rings. The first kappa shape index (κ1) is 20.5. The van der Waals surface area contributed by atoms with Crippen LogP contribution in [0.2, 0.25) is 0 Å². The lowest BCUT2D eigenvalue weighted by molar-refractivity contribution is 0.104. The molecule has 0 atom stereocenters. The number of allylic oxidation sites excluding steroid dienone is 1. The molecule has 0 aromatic heterocycles. The van der Waals surface area contributed by atoms with E-state index in [1.54, 1.807) is 66.7 Å². The van der Waals surface area contributed by atoms with Crippen LogP contribution < -0.4 is 19.5 Å². The molecule has 7 nitrogen and oxygen atoms in total. The first-order valence-electron chi connectivity index (χ1n) is 9.48. The number of carbonyl (C=O) groups excluding carboxylic acids is 1. The fraction of sp³-hybridized carbons (Fsp3) is 0.0870. The number of ketones is 1. The van der Waals surface area contributed by atoms with E-state index in [1.807, 2.05) is 6.92 Å². The summed E-state index contributed by atoms with van der Waals surface area (Å²) in [5.74, 6) is 0.903. The van der Waals surface area contributed by atoms with E-state index in [2.05, 4.69) is 10.0 Å². The van der Waals surface area contributed by atoms with Crippen molar-refractivity contribution < 1.29 is 22.7 Å². The van der Waals surface area contributed by atoms with Crippen molar-refractivity contribution in [3.63, 3.8) is 0 Å². The Hall–Kier alpha value is -3.78. The van der Waals surface area contributed by atoms with E-state index >= 15 is 0 Å². The molecule has 0 aliphatic carbocycles. The lowest BCUT2D eigenvalue weighted by Gasteiger charge is -2.12. The van der Waals surface area contributed by atoms with Crippen molar-refractivity contribution >= 4 is 27.2 Å². The van der Waals surface area contributed by atoms with Crippen molar-refractivity contribution in [2.24, 2.45) is 0 Å². The molecule has 0 radical (unpaired) electrons. The molecule has 158 valence electrons. The van der Waals surface area contributed by atoms with Gasteiger partial charge < -0.3 is 14.8 Å². The Morgan fingerprint density at radius 3 is 2.42 bits per heavy atom. The van der Waals surface area contributed by atoms with Crippen LogP contribution in [0.4, 0.5) is 11.4 Å². The van der Waals surface area contributed by atoms with Crippen LogP contribution in [0.1, 0.15) is 15.9 Å². The molecule has 0 unspecified atom stereocenters. The van der Waals surface area contributed by atoms with Crippen molar-refractivity contribution in [3.8, 4) is 11.5 Å². The summed E-state index contributed by atoms with van der Waals surface area (Å²) in [5.41, 5.74) is 2.30. The molecule has 0 bridgehead atoms. The fourth-order valence-electron chi connectivity index (χ4n) is 2.97. The van der Waals surface area contributed by atoms with Gasteiger partial charge in [0, 0.05) is 17.8 Å². The molecule has 2 N–H and O–H groups in total. The molecule has 31 heavy (non-hydrogen) atoms. The Morgan fingerprint density at radius 2 is 1.65 bits per heavy atom. The van der Waals surface area contributed by atoms with Gasteiger partial charge in [0.2, 0.25) is 6.79 Å². The molecule has 3 aromatic carbocycles. The molecule has 1 aliphatic heterocycles. The summed E-state index contributed by atoms with van der Waals surface area (Å²) >= 11 is 0. The third-order valence-corrected chi connectivity index (χ3v) is 6.01. The summed E-state index contributed by atoms with van der Waals surface area (Å²) in [6.45, 7) is 2.03. The van der Waals surface area contributed by atoms with Crippen LogP contribution in [0.3, 0.4) is 0 Å². The lowest BCUT2D eigenvalue weighted by Crippen LogP contribution is -2.14. The van der Waals surface area contributed by atoms with Crippen LogP contribution in [0, 0.1) is 6.92 Å². The van der Waals surface area contributed by atoms with Crippen LogP contribution >= 0.6 is 0 Å². The largest absolute Gasteiger partial charge is 0.454 e. The third kappa shape index (κ3) is 4.70. The van der Waals surface area contributed by atoms with Gasteiger partial charge in [-0.1, -0.05) is 29.8 Å². The molecule has 4 rings (SSSR count). The summed E-state index contributed by atoms with van der Waals surface area (Å²) in [6.07, 6.45) is 2.83. The third-order valence-electron chi connectivity index (χ3n) is 4.63. The number of aryl methyl sites for hydroxylation is 1. The van der Waals surface area contributed by atoms with Crippen LogP contribution in [0.25, 0.3) is 0 Å². The summed E-state index contributed by atoms with van der Waals surface area (Å²) < 4.78 is 38.5. The van der Waals surface area contributed by atoms with Gasteiger partial charge in [-0.15, -0.1) is 0 Å².